The zero-order valence-corrected chi connectivity index (χ0v) is 11.0. The third-order valence-electron chi connectivity index (χ3n) is 4.24. The second-order valence-electron chi connectivity index (χ2n) is 5.59. The first-order valence-electron chi connectivity index (χ1n) is 6.66. The molecule has 2 unspecified atom stereocenters. The summed E-state index contributed by atoms with van der Waals surface area (Å²) < 4.78 is 10.6. The molecule has 2 bridgehead atoms. The lowest BCUT2D eigenvalue weighted by molar-refractivity contribution is -0.137. The number of hydrogen-bond acceptors (Lipinski definition) is 4. The Morgan fingerprint density at radius 1 is 1.29 bits per heavy atom. The zero-order chi connectivity index (χ0) is 12.3. The summed E-state index contributed by atoms with van der Waals surface area (Å²) in [6, 6.07) is 0.796. The molecule has 1 N–H and O–H groups in total. The van der Waals surface area contributed by atoms with Crippen molar-refractivity contribution in [1.29, 1.82) is 0 Å². The SMILES string of the molecule is COCCCCC1(O)CC2COCC(C1)N2C. The molecule has 0 saturated carbocycles. The zero-order valence-electron chi connectivity index (χ0n) is 11.0. The van der Waals surface area contributed by atoms with Crippen LogP contribution in [0.15, 0.2) is 0 Å². The molecule has 4 heteroatoms. The van der Waals surface area contributed by atoms with Crippen LogP contribution in [0, 0.1) is 0 Å². The van der Waals surface area contributed by atoms with Crippen LogP contribution >= 0.6 is 0 Å². The van der Waals surface area contributed by atoms with Gasteiger partial charge in [0.25, 0.3) is 0 Å². The van der Waals surface area contributed by atoms with Crippen LogP contribution in [0.5, 0.6) is 0 Å². The summed E-state index contributed by atoms with van der Waals surface area (Å²) in [7, 11) is 3.88. The van der Waals surface area contributed by atoms with Crippen molar-refractivity contribution in [3.05, 3.63) is 0 Å². The maximum Gasteiger partial charge on any atom is 0.0679 e. The van der Waals surface area contributed by atoms with E-state index in [1.807, 2.05) is 0 Å². The molecule has 0 aromatic carbocycles. The summed E-state index contributed by atoms with van der Waals surface area (Å²) in [5.41, 5.74) is -0.473. The van der Waals surface area contributed by atoms with Crippen molar-refractivity contribution < 1.29 is 14.6 Å². The van der Waals surface area contributed by atoms with Crippen molar-refractivity contribution >= 4 is 0 Å². The lowest BCUT2D eigenvalue weighted by Crippen LogP contribution is -2.60. The molecule has 2 atom stereocenters. The van der Waals surface area contributed by atoms with Crippen molar-refractivity contribution in [2.45, 2.75) is 49.8 Å². The monoisotopic (exact) mass is 243 g/mol. The molecule has 100 valence electrons. The van der Waals surface area contributed by atoms with Crippen LogP contribution in [0.1, 0.15) is 32.1 Å². The Kier molecular flexibility index (Phi) is 4.42. The molecule has 0 radical (unpaired) electrons. The second kappa shape index (κ2) is 5.65. The van der Waals surface area contributed by atoms with Crippen LogP contribution in [-0.4, -0.2) is 61.7 Å². The molecule has 0 aromatic heterocycles. The molecule has 2 rings (SSSR count). The van der Waals surface area contributed by atoms with Gasteiger partial charge in [-0.2, -0.15) is 0 Å². The standard InChI is InChI=1S/C13H25NO3/c1-14-11-7-13(15,5-3-4-6-16-2)8-12(14)10-17-9-11/h11-12,15H,3-10H2,1-2H3. The lowest BCUT2D eigenvalue weighted by Gasteiger charge is -2.50. The predicted molar refractivity (Wildman–Crippen MR) is 66.1 cm³/mol. The molecule has 17 heavy (non-hydrogen) atoms. The minimum absolute atomic E-state index is 0.398. The van der Waals surface area contributed by atoms with Crippen LogP contribution in [0.25, 0.3) is 0 Å². The first kappa shape index (κ1) is 13.3. The summed E-state index contributed by atoms with van der Waals surface area (Å²) in [5.74, 6) is 0. The van der Waals surface area contributed by atoms with E-state index in [2.05, 4.69) is 11.9 Å². The third kappa shape index (κ3) is 3.19. The molecular formula is C13H25NO3. The number of morpholine rings is 1. The Bertz CT molecular complexity index is 233. The number of likely N-dealkylation sites (N-methyl/N-ethyl adjacent to an activating group) is 1. The van der Waals surface area contributed by atoms with Gasteiger partial charge in [-0.05, 0) is 39.2 Å². The maximum absolute atomic E-state index is 10.7. The maximum atomic E-state index is 10.7. The Hall–Kier alpha value is -0.160. The van der Waals surface area contributed by atoms with Crippen LogP contribution in [0.3, 0.4) is 0 Å². The van der Waals surface area contributed by atoms with Gasteiger partial charge in [0.15, 0.2) is 0 Å². The highest BCUT2D eigenvalue weighted by molar-refractivity contribution is 4.97. The van der Waals surface area contributed by atoms with E-state index in [1.54, 1.807) is 7.11 Å². The Morgan fingerprint density at radius 2 is 1.94 bits per heavy atom. The summed E-state index contributed by atoms with van der Waals surface area (Å²) >= 11 is 0. The van der Waals surface area contributed by atoms with Crippen molar-refractivity contribution in [1.82, 2.24) is 4.90 Å². The Labute approximate surface area is 104 Å². The molecule has 2 aliphatic heterocycles. The van der Waals surface area contributed by atoms with E-state index in [9.17, 15) is 5.11 Å². The average Bonchev–Trinajstić information content (AvgIpc) is 2.27. The van der Waals surface area contributed by atoms with Gasteiger partial charge in [0.1, 0.15) is 0 Å². The number of rotatable bonds is 5. The molecule has 2 fully saturated rings. The fourth-order valence-electron chi connectivity index (χ4n) is 3.14. The Balaban J connectivity index is 1.84. The molecule has 2 aliphatic rings. The highest BCUT2D eigenvalue weighted by atomic mass is 16.5. The lowest BCUT2D eigenvalue weighted by atomic mass is 9.78. The van der Waals surface area contributed by atoms with Gasteiger partial charge in [0.05, 0.1) is 18.8 Å². The summed E-state index contributed by atoms with van der Waals surface area (Å²) in [4.78, 5) is 2.38. The summed E-state index contributed by atoms with van der Waals surface area (Å²) in [6.07, 6.45) is 4.70. The number of fused-ring (bicyclic) bond motifs is 2. The normalized spacial score (nSPS) is 38.3. The molecule has 2 heterocycles. The van der Waals surface area contributed by atoms with Crippen LogP contribution in [0.4, 0.5) is 0 Å². The third-order valence-corrected chi connectivity index (χ3v) is 4.24. The summed E-state index contributed by atoms with van der Waals surface area (Å²) in [6.45, 7) is 2.34. The molecule has 0 amide bonds. The minimum Gasteiger partial charge on any atom is -0.390 e. The van der Waals surface area contributed by atoms with Gasteiger partial charge in [-0.3, -0.25) is 4.90 Å². The van der Waals surface area contributed by atoms with Crippen LogP contribution < -0.4 is 0 Å². The number of aliphatic hydroxyl groups is 1. The number of nitrogens with zero attached hydrogens (tertiary/aromatic N) is 1. The molecule has 4 nitrogen and oxygen atoms in total. The molecule has 0 spiro atoms. The van der Waals surface area contributed by atoms with Gasteiger partial charge in [0.2, 0.25) is 0 Å². The molecule has 2 saturated heterocycles. The van der Waals surface area contributed by atoms with E-state index >= 15 is 0 Å². The van der Waals surface area contributed by atoms with E-state index in [1.165, 1.54) is 0 Å². The number of hydrogen-bond donors (Lipinski definition) is 1. The van der Waals surface area contributed by atoms with E-state index in [0.717, 1.165) is 51.9 Å². The van der Waals surface area contributed by atoms with Crippen molar-refractivity contribution in [3.8, 4) is 0 Å². The van der Waals surface area contributed by atoms with E-state index < -0.39 is 5.60 Å². The van der Waals surface area contributed by atoms with Crippen molar-refractivity contribution in [2.75, 3.05) is 34.0 Å². The predicted octanol–water partition coefficient (Wildman–Crippen LogP) is 1.03. The largest absolute Gasteiger partial charge is 0.390 e. The van der Waals surface area contributed by atoms with Gasteiger partial charge in [0, 0.05) is 25.8 Å². The van der Waals surface area contributed by atoms with Gasteiger partial charge in [-0.15, -0.1) is 0 Å². The van der Waals surface area contributed by atoms with E-state index in [0.29, 0.717) is 12.1 Å². The minimum atomic E-state index is -0.473. The smallest absolute Gasteiger partial charge is 0.0679 e. The first-order valence-corrected chi connectivity index (χ1v) is 6.66. The first-order chi connectivity index (χ1) is 8.14. The van der Waals surface area contributed by atoms with Crippen LogP contribution in [-0.2, 0) is 9.47 Å². The Morgan fingerprint density at radius 3 is 2.53 bits per heavy atom. The summed E-state index contributed by atoms with van der Waals surface area (Å²) in [5, 5.41) is 10.7. The van der Waals surface area contributed by atoms with Crippen LogP contribution in [0.2, 0.25) is 0 Å². The van der Waals surface area contributed by atoms with Gasteiger partial charge < -0.3 is 14.6 Å². The van der Waals surface area contributed by atoms with Gasteiger partial charge in [-0.1, -0.05) is 0 Å². The van der Waals surface area contributed by atoms with Gasteiger partial charge in [-0.25, -0.2) is 0 Å². The topological polar surface area (TPSA) is 41.9 Å². The number of piperidine rings is 1. The molecular weight excluding hydrogens is 218 g/mol. The second-order valence-corrected chi connectivity index (χ2v) is 5.59. The highest BCUT2D eigenvalue weighted by Gasteiger charge is 2.43. The van der Waals surface area contributed by atoms with E-state index in [-0.39, 0.29) is 0 Å². The number of ether oxygens (including phenoxy) is 2. The highest BCUT2D eigenvalue weighted by Crippen LogP contribution is 2.36. The van der Waals surface area contributed by atoms with Crippen molar-refractivity contribution in [2.24, 2.45) is 0 Å². The fourth-order valence-corrected chi connectivity index (χ4v) is 3.14. The fraction of sp³-hybridized carbons (Fsp3) is 1.00. The number of unbranched alkanes of at least 4 members (excludes halogenated alkanes) is 1. The van der Waals surface area contributed by atoms with Gasteiger partial charge >= 0.3 is 0 Å². The quantitative estimate of drug-likeness (QED) is 0.732. The van der Waals surface area contributed by atoms with E-state index in [4.69, 9.17) is 9.47 Å². The molecule has 0 aromatic rings. The average molecular weight is 243 g/mol. The number of methoxy groups -OCH3 is 1. The van der Waals surface area contributed by atoms with Crippen molar-refractivity contribution in [3.63, 3.8) is 0 Å². The molecule has 0 aliphatic carbocycles.